The van der Waals surface area contributed by atoms with E-state index >= 15 is 0 Å². The molecule has 2 aromatic rings. The fourth-order valence-corrected chi connectivity index (χ4v) is 19.5. The van der Waals surface area contributed by atoms with Crippen molar-refractivity contribution in [1.82, 2.24) is 41.3 Å². The Morgan fingerprint density at radius 1 is 0.690 bits per heavy atom. The van der Waals surface area contributed by atoms with E-state index in [0.29, 0.717) is 71.0 Å². The molecule has 10 amide bonds. The minimum Gasteiger partial charge on any atom is -0.462 e. The lowest BCUT2D eigenvalue weighted by molar-refractivity contribution is -0.169. The van der Waals surface area contributed by atoms with Crippen LogP contribution in [0, 0.1) is 29.6 Å². The summed E-state index contributed by atoms with van der Waals surface area (Å²) >= 11 is 4.81. The van der Waals surface area contributed by atoms with Crippen LogP contribution in [-0.4, -0.2) is 239 Å². The summed E-state index contributed by atoms with van der Waals surface area (Å²) in [7, 11) is 6.07. The van der Waals surface area contributed by atoms with Crippen molar-refractivity contribution in [3.63, 3.8) is 0 Å². The molecule has 4 fully saturated rings. The van der Waals surface area contributed by atoms with Crippen LogP contribution in [0.1, 0.15) is 208 Å². The Balaban J connectivity index is 0.989. The zero-order valence-electron chi connectivity index (χ0n) is 70.6. The van der Waals surface area contributed by atoms with Crippen LogP contribution >= 0.6 is 35.3 Å². The van der Waals surface area contributed by atoms with E-state index in [1.165, 1.54) is 45.4 Å². The van der Waals surface area contributed by atoms with Crippen LogP contribution in [0.3, 0.4) is 0 Å². The Bertz CT molecular complexity index is 3450. The summed E-state index contributed by atoms with van der Waals surface area (Å²) < 4.78 is 35.5. The van der Waals surface area contributed by atoms with E-state index in [-0.39, 0.29) is 106 Å². The summed E-state index contributed by atoms with van der Waals surface area (Å²) in [6.07, 6.45) is 6.32. The Kier molecular flexibility index (Phi) is 41.9. The maximum absolute atomic E-state index is 14.9. The zero-order chi connectivity index (χ0) is 85.3. The molecule has 29 nitrogen and oxygen atoms in total. The molecule has 6 rings (SSSR count). The van der Waals surface area contributed by atoms with Crippen LogP contribution < -0.4 is 37.6 Å². The molecule has 116 heavy (non-hydrogen) atoms. The number of carbonyl (C=O) groups is 12. The minimum absolute atomic E-state index is 0.0484. The van der Waals surface area contributed by atoms with E-state index in [1.54, 1.807) is 109 Å². The number of likely N-dealkylation sites (N-methyl/N-ethyl adjacent to an activating group) is 2. The SMILES string of the molecule is CC[C@H](C)[C@@H]([C@@H](CC(=O)N1CCC[C@H]1[C@H](OC)[C@@H](C)C(=O)N[C@H](C)[C@@H](O)c1ccccc1)OC)N(C)C(=O)[C@@H](NC(=O)[C@H](C(C)C)N(C)C(=O)OCc1ccc(NC(=O)[C@H](CCCNC(N)=O)NC(=O)[C@@H](NC(=O)CSCCC(=O)OC2C[C@@H]3C[C@H](C2)OC(=O)CCSC2CCCCCCCC2SCCC(=O)O3)C(C)C)cc1)C(C)C. The summed E-state index contributed by atoms with van der Waals surface area (Å²) in [5.74, 6) is -5.43. The van der Waals surface area contributed by atoms with Gasteiger partial charge in [-0.05, 0) is 92.4 Å². The van der Waals surface area contributed by atoms with Crippen LogP contribution in [-0.2, 0) is 83.0 Å². The smallest absolute Gasteiger partial charge is 0.410 e. The number of methoxy groups -OCH3 is 2. The highest BCUT2D eigenvalue weighted by atomic mass is 32.2. The summed E-state index contributed by atoms with van der Waals surface area (Å²) in [5, 5.41) is 28.5. The van der Waals surface area contributed by atoms with Gasteiger partial charge in [0.1, 0.15) is 49.1 Å². The monoisotopic (exact) mass is 1680 g/mol. The Morgan fingerprint density at radius 3 is 1.87 bits per heavy atom. The number of urea groups is 1. The van der Waals surface area contributed by atoms with E-state index in [0.717, 1.165) is 37.4 Å². The van der Waals surface area contributed by atoms with Crippen molar-refractivity contribution in [3.05, 3.63) is 65.7 Å². The van der Waals surface area contributed by atoms with Crippen LogP contribution in [0.4, 0.5) is 15.3 Å². The summed E-state index contributed by atoms with van der Waals surface area (Å²) in [6, 6.07) is 8.51. The van der Waals surface area contributed by atoms with E-state index in [4.69, 9.17) is 34.2 Å². The van der Waals surface area contributed by atoms with Gasteiger partial charge in [0.2, 0.25) is 41.4 Å². The number of aliphatic hydroxyl groups excluding tert-OH is 1. The molecule has 4 aliphatic rings. The molecule has 9 N–H and O–H groups in total. The van der Waals surface area contributed by atoms with Crippen molar-refractivity contribution in [2.24, 2.45) is 35.3 Å². The first-order valence-corrected chi connectivity index (χ1v) is 44.8. The number of primary amides is 1. The molecule has 2 saturated carbocycles. The Labute approximate surface area is 698 Å². The molecular formula is C84H132N10O19S3. The number of esters is 3. The van der Waals surface area contributed by atoms with Crippen molar-refractivity contribution < 1.29 is 91.1 Å². The maximum Gasteiger partial charge on any atom is 0.410 e. The highest BCUT2D eigenvalue weighted by Crippen LogP contribution is 2.37. The number of carbonyl (C=O) groups excluding carboxylic acids is 12. The van der Waals surface area contributed by atoms with Gasteiger partial charge in [-0.25, -0.2) is 9.59 Å². The molecule has 3 unspecified atom stereocenters. The lowest BCUT2D eigenvalue weighted by Gasteiger charge is -2.41. The molecular weight excluding hydrogens is 1550 g/mol. The first-order chi connectivity index (χ1) is 55.2. The van der Waals surface area contributed by atoms with Crippen LogP contribution in [0.15, 0.2) is 54.6 Å². The number of nitrogens with zero attached hydrogens (tertiary/aromatic N) is 3. The third-order valence-corrected chi connectivity index (χ3v) is 26.3. The summed E-state index contributed by atoms with van der Waals surface area (Å²) in [4.78, 5) is 169. The molecule has 2 heterocycles. The number of ether oxygens (including phenoxy) is 6. The lowest BCUT2D eigenvalue weighted by atomic mass is 9.89. The molecule has 32 heteroatoms. The average Bonchev–Trinajstić information content (AvgIpc) is 1.38. The normalized spacial score (nSPS) is 21.9. The average molecular weight is 1680 g/mol. The summed E-state index contributed by atoms with van der Waals surface area (Å²) in [5.41, 5.74) is 6.80. The fourth-order valence-electron chi connectivity index (χ4n) is 15.7. The third-order valence-electron chi connectivity index (χ3n) is 22.4. The number of hydrogen-bond acceptors (Lipinski definition) is 22. The third kappa shape index (κ3) is 31.1. The predicted octanol–water partition coefficient (Wildman–Crippen LogP) is 9.38. The van der Waals surface area contributed by atoms with Gasteiger partial charge in [0.15, 0.2) is 0 Å². The second kappa shape index (κ2) is 49.9. The number of rotatable bonds is 38. The van der Waals surface area contributed by atoms with Crippen LogP contribution in [0.5, 0.6) is 0 Å². The number of fused-ring (bicyclic) bond motifs is 3. The molecule has 650 valence electrons. The number of likely N-dealkylation sites (tertiary alicyclic amines) is 1. The van der Waals surface area contributed by atoms with E-state index in [1.807, 2.05) is 55.6 Å². The predicted molar refractivity (Wildman–Crippen MR) is 449 cm³/mol. The van der Waals surface area contributed by atoms with Gasteiger partial charge in [-0.1, -0.05) is 143 Å². The number of nitrogens with two attached hydrogens (primary N) is 1. The second-order valence-electron chi connectivity index (χ2n) is 32.3. The van der Waals surface area contributed by atoms with Gasteiger partial charge in [-0.15, -0.1) is 0 Å². The standard InChI is InChI=1S/C84H132N10O19S3/c1-15-53(8)75(64(108-13)47-68(96)94-40-25-29-63(94)77(109-14)54(9)78(101)87-55(10)76(100)57-26-20-19-21-27-57)92(11)82(105)73(51(4)5)91-81(104)74(52(6)7)93(12)84(107)110-48-56-32-34-58(35-33-56)88-79(102)62(28-24-39-86-83(85)106)89-80(103)72(50(2)3)90-67(95)49-114-41-36-69(97)111-59-44-60-46-61(45-59)113-71(99)38-43-116-66-31-23-18-16-17-22-30-65(66)115-42-37-70(98)112-60/h19-21,26-27,32-35,50-55,59-66,72-77,100H,15-18,22-25,28-31,36-49H2,1-14H3,(H,87,101)(H,88,102)(H,89,103)(H,90,95)(H,91,104)(H3,85,86,106)/t53-,54+,55+,59?,60-,61+,62-,63-,64+,65?,66?,72-,73-,74-,75-,76+,77+/m0/s1. The van der Waals surface area contributed by atoms with E-state index in [9.17, 15) is 62.6 Å². The highest BCUT2D eigenvalue weighted by Gasteiger charge is 2.45. The Hall–Kier alpha value is -7.39. The number of thioether (sulfide) groups is 3. The number of benzene rings is 2. The molecule has 2 bridgehead atoms. The van der Waals surface area contributed by atoms with Gasteiger partial charge in [0, 0.05) is 94.1 Å². The fraction of sp³-hybridized carbons (Fsp3) is 0.714. The number of anilines is 1. The van der Waals surface area contributed by atoms with Crippen LogP contribution in [0.2, 0.25) is 0 Å². The van der Waals surface area contributed by atoms with Crippen molar-refractivity contribution >= 4 is 112 Å². The second-order valence-corrected chi connectivity index (χ2v) is 36.1. The topological polar surface area (TPSA) is 388 Å². The van der Waals surface area contributed by atoms with Crippen molar-refractivity contribution in [3.8, 4) is 0 Å². The minimum atomic E-state index is -1.16. The number of amides is 10. The van der Waals surface area contributed by atoms with Gasteiger partial charge in [-0.2, -0.15) is 35.3 Å². The van der Waals surface area contributed by atoms with Gasteiger partial charge < -0.3 is 81.0 Å². The van der Waals surface area contributed by atoms with Crippen LogP contribution in [0.25, 0.3) is 0 Å². The van der Waals surface area contributed by atoms with Gasteiger partial charge in [-0.3, -0.25) is 52.8 Å². The Morgan fingerprint density at radius 2 is 1.30 bits per heavy atom. The summed E-state index contributed by atoms with van der Waals surface area (Å²) in [6.45, 7) is 18.3. The zero-order valence-corrected chi connectivity index (χ0v) is 73.0. The first kappa shape index (κ1) is 97.4. The van der Waals surface area contributed by atoms with E-state index in [2.05, 4.69) is 31.9 Å². The van der Waals surface area contributed by atoms with Crippen molar-refractivity contribution in [1.29, 1.82) is 0 Å². The molecule has 0 spiro atoms. The molecule has 0 aromatic heterocycles. The first-order valence-electron chi connectivity index (χ1n) is 41.5. The molecule has 17 atom stereocenters. The molecule has 2 aromatic carbocycles. The quantitative estimate of drug-likeness (QED) is 0.0176. The van der Waals surface area contributed by atoms with Gasteiger partial charge in [0.05, 0.1) is 73.8 Å². The molecule has 2 saturated heterocycles. The molecule has 0 radical (unpaired) electrons. The largest absolute Gasteiger partial charge is 0.462 e. The van der Waals surface area contributed by atoms with Crippen molar-refractivity contribution in [2.45, 2.75) is 287 Å². The number of nitrogens with one attached hydrogen (secondary N) is 6. The highest BCUT2D eigenvalue weighted by molar-refractivity contribution is 8.03. The van der Waals surface area contributed by atoms with Gasteiger partial charge in [0.25, 0.3) is 0 Å². The maximum atomic E-state index is 14.9. The molecule has 2 aliphatic heterocycles. The number of aliphatic hydroxyl groups is 1. The van der Waals surface area contributed by atoms with E-state index < -0.39 is 150 Å². The lowest BCUT2D eigenvalue weighted by Crippen LogP contribution is -2.60. The van der Waals surface area contributed by atoms with Gasteiger partial charge >= 0.3 is 30.0 Å². The molecule has 2 aliphatic carbocycles. The van der Waals surface area contributed by atoms with Crippen molar-refractivity contribution in [2.75, 3.05) is 69.7 Å². The number of hydrogen-bond donors (Lipinski definition) is 8.